The molecule has 0 radical (unpaired) electrons. The lowest BCUT2D eigenvalue weighted by Gasteiger charge is -2.26. The Labute approximate surface area is 219 Å². The third-order valence-electron chi connectivity index (χ3n) is 6.69. The lowest BCUT2D eigenvalue weighted by atomic mass is 9.85. The van der Waals surface area contributed by atoms with E-state index < -0.39 is 53.3 Å². The number of aromatic nitrogens is 1. The first-order chi connectivity index (χ1) is 18.0. The number of nitrogens with one attached hydrogen (secondary N) is 3. The number of carbonyl (C=O) groups is 5. The van der Waals surface area contributed by atoms with Crippen molar-refractivity contribution in [1.82, 2.24) is 20.9 Å². The zero-order valence-electron chi connectivity index (χ0n) is 21.6. The number of oxazole rings is 1. The number of nitrogens with zero attached hydrogens (tertiary/aromatic N) is 1. The minimum Gasteiger partial charge on any atom is -0.441 e. The van der Waals surface area contributed by atoms with Crippen molar-refractivity contribution in [2.45, 2.75) is 46.2 Å². The summed E-state index contributed by atoms with van der Waals surface area (Å²) in [6.45, 7) is 6.73. The van der Waals surface area contributed by atoms with E-state index >= 15 is 0 Å². The van der Waals surface area contributed by atoms with Crippen molar-refractivity contribution in [3.8, 4) is 0 Å². The highest BCUT2D eigenvalue weighted by molar-refractivity contribution is 6.16. The summed E-state index contributed by atoms with van der Waals surface area (Å²) >= 11 is 0. The summed E-state index contributed by atoms with van der Waals surface area (Å²) in [6, 6.07) is 12.2. The van der Waals surface area contributed by atoms with Gasteiger partial charge in [-0.15, -0.1) is 0 Å². The van der Waals surface area contributed by atoms with E-state index in [0.717, 1.165) is 0 Å². The second-order valence-electron chi connectivity index (χ2n) is 9.87. The van der Waals surface area contributed by atoms with Crippen LogP contribution in [-0.4, -0.2) is 40.4 Å². The Hall–Kier alpha value is -4.34. The predicted octanol–water partition coefficient (Wildman–Crippen LogP) is 2.62. The van der Waals surface area contributed by atoms with E-state index in [1.54, 1.807) is 63.2 Å². The van der Waals surface area contributed by atoms with Gasteiger partial charge in [-0.2, -0.15) is 0 Å². The topological polar surface area (TPSA) is 147 Å². The molecule has 3 aromatic rings. The van der Waals surface area contributed by atoms with E-state index in [-0.39, 0.29) is 12.3 Å². The maximum absolute atomic E-state index is 13.2. The number of fused-ring (bicyclic) bond motifs is 1. The smallest absolute Gasteiger partial charge is 0.251 e. The number of aryl methyl sites for hydroxylation is 1. The van der Waals surface area contributed by atoms with Crippen LogP contribution in [-0.2, 0) is 19.2 Å². The van der Waals surface area contributed by atoms with Gasteiger partial charge in [0, 0.05) is 12.5 Å². The van der Waals surface area contributed by atoms with E-state index in [2.05, 4.69) is 20.9 Å². The molecule has 0 spiro atoms. The van der Waals surface area contributed by atoms with E-state index in [1.807, 2.05) is 6.07 Å². The number of hydrogen-bond donors (Lipinski definition) is 3. The van der Waals surface area contributed by atoms with Crippen LogP contribution in [0, 0.1) is 24.7 Å². The molecule has 0 bridgehead atoms. The van der Waals surface area contributed by atoms with Gasteiger partial charge in [-0.05, 0) is 29.7 Å². The number of amides is 4. The minimum absolute atomic E-state index is 0.150. The molecular weight excluding hydrogens is 488 g/mol. The van der Waals surface area contributed by atoms with Gasteiger partial charge in [0.05, 0.1) is 24.4 Å². The van der Waals surface area contributed by atoms with Gasteiger partial charge in [0.2, 0.25) is 17.7 Å². The summed E-state index contributed by atoms with van der Waals surface area (Å²) in [6.07, 6.45) is -0.150. The fraction of sp³-hybridized carbons (Fsp3) is 0.357. The first-order valence-corrected chi connectivity index (χ1v) is 12.5. The highest BCUT2D eigenvalue weighted by atomic mass is 16.3. The number of imide groups is 1. The fourth-order valence-corrected chi connectivity index (χ4v) is 4.61. The van der Waals surface area contributed by atoms with E-state index in [4.69, 9.17) is 4.42 Å². The third kappa shape index (κ3) is 5.64. The molecule has 1 aromatic heterocycles. The van der Waals surface area contributed by atoms with Crippen molar-refractivity contribution < 1.29 is 28.4 Å². The molecule has 0 saturated carbocycles. The Balaban J connectivity index is 1.51. The Morgan fingerprint density at radius 3 is 2.37 bits per heavy atom. The maximum Gasteiger partial charge on any atom is 0.251 e. The summed E-state index contributed by atoms with van der Waals surface area (Å²) < 4.78 is 5.47. The van der Waals surface area contributed by atoms with Gasteiger partial charge < -0.3 is 15.1 Å². The summed E-state index contributed by atoms with van der Waals surface area (Å²) in [4.78, 5) is 67.9. The van der Waals surface area contributed by atoms with Crippen LogP contribution in [0.2, 0.25) is 0 Å². The van der Waals surface area contributed by atoms with Crippen molar-refractivity contribution >= 4 is 40.5 Å². The van der Waals surface area contributed by atoms with E-state index in [0.29, 0.717) is 28.1 Å². The highest BCUT2D eigenvalue weighted by Gasteiger charge is 2.46. The van der Waals surface area contributed by atoms with Gasteiger partial charge in [-0.25, -0.2) is 4.98 Å². The standard InChI is InChI=1S/C28H30N4O6/c1-14(2)24(25(34)23-15(3)26(35)32-28(23)37)31-22(33)13-19(17-8-6-5-7-9-17)30-27(36)18-10-11-21-20(12-18)29-16(4)38-21/h5-12,14-15,19,23-24H,13H2,1-4H3,(H,30,36)(H,31,33)(H,32,35,37)/t15-,19-,23+,24+/m0/s1. The molecule has 3 N–H and O–H groups in total. The molecule has 198 valence electrons. The van der Waals surface area contributed by atoms with Crippen LogP contribution in [0.25, 0.3) is 11.1 Å². The molecule has 4 atom stereocenters. The first kappa shape index (κ1) is 26.7. The van der Waals surface area contributed by atoms with Crippen molar-refractivity contribution in [3.63, 3.8) is 0 Å². The normalized spacial score (nSPS) is 18.8. The molecule has 1 fully saturated rings. The molecule has 1 aliphatic heterocycles. The van der Waals surface area contributed by atoms with Crippen molar-refractivity contribution in [3.05, 3.63) is 65.5 Å². The van der Waals surface area contributed by atoms with Crippen molar-refractivity contribution in [1.29, 1.82) is 0 Å². The van der Waals surface area contributed by atoms with Crippen LogP contribution in [0.5, 0.6) is 0 Å². The second-order valence-corrected chi connectivity index (χ2v) is 9.87. The Morgan fingerprint density at radius 1 is 1.03 bits per heavy atom. The third-order valence-corrected chi connectivity index (χ3v) is 6.69. The number of rotatable bonds is 9. The Bertz CT molecular complexity index is 1400. The fourth-order valence-electron chi connectivity index (χ4n) is 4.61. The van der Waals surface area contributed by atoms with Crippen LogP contribution < -0.4 is 16.0 Å². The largest absolute Gasteiger partial charge is 0.441 e. The summed E-state index contributed by atoms with van der Waals surface area (Å²) in [5, 5.41) is 7.82. The molecule has 0 aliphatic carbocycles. The molecule has 2 aromatic carbocycles. The molecule has 1 aliphatic rings. The van der Waals surface area contributed by atoms with Crippen molar-refractivity contribution in [2.75, 3.05) is 0 Å². The van der Waals surface area contributed by atoms with Crippen LogP contribution in [0.4, 0.5) is 0 Å². The zero-order valence-corrected chi connectivity index (χ0v) is 21.6. The SMILES string of the molecule is Cc1nc2cc(C(=O)N[C@@H](CC(=O)N[C@@H](C(=O)[C@@H]3C(=O)NC(=O)[C@H]3C)C(C)C)c3ccccc3)ccc2o1. The average molecular weight is 519 g/mol. The molecular formula is C28H30N4O6. The quantitative estimate of drug-likeness (QED) is 0.291. The highest BCUT2D eigenvalue weighted by Crippen LogP contribution is 2.24. The van der Waals surface area contributed by atoms with Gasteiger partial charge in [0.15, 0.2) is 17.3 Å². The molecule has 10 nitrogen and oxygen atoms in total. The van der Waals surface area contributed by atoms with Gasteiger partial charge in [0.1, 0.15) is 11.4 Å². The first-order valence-electron chi connectivity index (χ1n) is 12.5. The van der Waals surface area contributed by atoms with Gasteiger partial charge in [-0.1, -0.05) is 51.1 Å². The molecule has 4 rings (SSSR count). The predicted molar refractivity (Wildman–Crippen MR) is 138 cm³/mol. The number of benzene rings is 2. The number of ketones is 1. The number of carbonyl (C=O) groups excluding carboxylic acids is 5. The van der Waals surface area contributed by atoms with Gasteiger partial charge >= 0.3 is 0 Å². The molecule has 4 amide bonds. The molecule has 1 saturated heterocycles. The molecule has 2 heterocycles. The number of hydrogen-bond acceptors (Lipinski definition) is 7. The monoisotopic (exact) mass is 518 g/mol. The molecule has 38 heavy (non-hydrogen) atoms. The van der Waals surface area contributed by atoms with Gasteiger partial charge in [0.25, 0.3) is 5.91 Å². The lowest BCUT2D eigenvalue weighted by molar-refractivity contribution is -0.137. The lowest BCUT2D eigenvalue weighted by Crippen LogP contribution is -2.49. The molecule has 10 heteroatoms. The van der Waals surface area contributed by atoms with Crippen molar-refractivity contribution in [2.24, 2.45) is 17.8 Å². The molecule has 0 unspecified atom stereocenters. The Morgan fingerprint density at radius 2 is 1.74 bits per heavy atom. The number of Topliss-reactive ketones (excluding diaryl/α,β-unsaturated/α-hetero) is 1. The summed E-state index contributed by atoms with van der Waals surface area (Å²) in [5.74, 6) is -4.36. The zero-order chi connectivity index (χ0) is 27.6. The Kier molecular flexibility index (Phi) is 7.70. The average Bonchev–Trinajstić information content (AvgIpc) is 3.37. The van der Waals surface area contributed by atoms with E-state index in [1.165, 1.54) is 6.92 Å². The van der Waals surface area contributed by atoms with Crippen LogP contribution in [0.15, 0.2) is 52.9 Å². The van der Waals surface area contributed by atoms with Crippen LogP contribution >= 0.6 is 0 Å². The van der Waals surface area contributed by atoms with Crippen LogP contribution in [0.1, 0.15) is 55.0 Å². The van der Waals surface area contributed by atoms with Crippen LogP contribution in [0.3, 0.4) is 0 Å². The summed E-state index contributed by atoms with van der Waals surface area (Å²) in [7, 11) is 0. The van der Waals surface area contributed by atoms with E-state index in [9.17, 15) is 24.0 Å². The maximum atomic E-state index is 13.2. The minimum atomic E-state index is -1.16. The second kappa shape index (κ2) is 11.0. The van der Waals surface area contributed by atoms with Gasteiger partial charge in [-0.3, -0.25) is 29.3 Å². The summed E-state index contributed by atoms with van der Waals surface area (Å²) in [5.41, 5.74) is 2.17.